The summed E-state index contributed by atoms with van der Waals surface area (Å²) in [5.41, 5.74) is 5.93. The molecule has 0 saturated carbocycles. The summed E-state index contributed by atoms with van der Waals surface area (Å²) in [7, 11) is 3.27. The standard InChI is InChI=1S/C26H29N3O3/c1-30-24-15-21(16-25(17-24)31-2)18-27-28-19-23-9-8-22(14-20-6-4-3-5-7-20)26(23)29-10-12-32-13-11-29/h3-7,14-19H,8-13H2,1-2H3/b22-14-,27-18-,28-19-. The van der Waals surface area contributed by atoms with Gasteiger partial charge in [0.15, 0.2) is 0 Å². The lowest BCUT2D eigenvalue weighted by Gasteiger charge is -2.31. The van der Waals surface area contributed by atoms with Crippen LogP contribution in [0.2, 0.25) is 0 Å². The Hall–Kier alpha value is -3.38. The van der Waals surface area contributed by atoms with Crippen LogP contribution in [0.4, 0.5) is 0 Å². The van der Waals surface area contributed by atoms with Crippen molar-refractivity contribution >= 4 is 18.5 Å². The maximum absolute atomic E-state index is 5.57. The number of benzene rings is 2. The minimum atomic E-state index is 0.721. The SMILES string of the molecule is COc1cc(/C=N\N=C/C2=C(N3CCOCC3)C(=C\c3ccccc3)/CC2)cc(OC)c1. The van der Waals surface area contributed by atoms with Gasteiger partial charge in [0.05, 0.1) is 39.9 Å². The van der Waals surface area contributed by atoms with Gasteiger partial charge in [-0.2, -0.15) is 10.2 Å². The number of morpholine rings is 1. The van der Waals surface area contributed by atoms with Gasteiger partial charge in [0, 0.05) is 30.4 Å². The molecule has 1 aliphatic heterocycles. The molecule has 0 amide bonds. The Balaban J connectivity index is 1.58. The van der Waals surface area contributed by atoms with E-state index < -0.39 is 0 Å². The van der Waals surface area contributed by atoms with Gasteiger partial charge >= 0.3 is 0 Å². The molecule has 166 valence electrons. The smallest absolute Gasteiger partial charge is 0.123 e. The van der Waals surface area contributed by atoms with Gasteiger partial charge in [0.2, 0.25) is 0 Å². The molecule has 0 bridgehead atoms. The number of rotatable bonds is 7. The molecule has 0 N–H and O–H groups in total. The van der Waals surface area contributed by atoms with Crippen molar-refractivity contribution < 1.29 is 14.2 Å². The van der Waals surface area contributed by atoms with Gasteiger partial charge in [-0.15, -0.1) is 0 Å². The van der Waals surface area contributed by atoms with E-state index >= 15 is 0 Å². The van der Waals surface area contributed by atoms with Gasteiger partial charge in [0.1, 0.15) is 11.5 Å². The lowest BCUT2D eigenvalue weighted by molar-refractivity contribution is 0.0548. The quantitative estimate of drug-likeness (QED) is 0.476. The van der Waals surface area contributed by atoms with Crippen LogP contribution >= 0.6 is 0 Å². The Morgan fingerprint density at radius 3 is 2.22 bits per heavy atom. The molecule has 1 aliphatic carbocycles. The second-order valence-corrected chi connectivity index (χ2v) is 7.69. The van der Waals surface area contributed by atoms with E-state index in [1.165, 1.54) is 22.4 Å². The van der Waals surface area contributed by atoms with Crippen LogP contribution in [0.5, 0.6) is 11.5 Å². The van der Waals surface area contributed by atoms with Crippen molar-refractivity contribution in [1.29, 1.82) is 0 Å². The predicted octanol–water partition coefficient (Wildman–Crippen LogP) is 4.57. The number of hydrogen-bond donors (Lipinski definition) is 0. The minimum absolute atomic E-state index is 0.721. The van der Waals surface area contributed by atoms with E-state index in [2.05, 4.69) is 45.4 Å². The van der Waals surface area contributed by atoms with E-state index in [0.29, 0.717) is 0 Å². The van der Waals surface area contributed by atoms with Crippen molar-refractivity contribution in [3.63, 3.8) is 0 Å². The molecule has 2 aromatic rings. The van der Waals surface area contributed by atoms with Crippen molar-refractivity contribution in [2.45, 2.75) is 12.8 Å². The van der Waals surface area contributed by atoms with Crippen LogP contribution in [-0.4, -0.2) is 57.9 Å². The topological polar surface area (TPSA) is 55.7 Å². The molecule has 2 aliphatic rings. The predicted molar refractivity (Wildman–Crippen MR) is 129 cm³/mol. The average molecular weight is 432 g/mol. The summed E-state index contributed by atoms with van der Waals surface area (Å²) >= 11 is 0. The van der Waals surface area contributed by atoms with Crippen molar-refractivity contribution in [1.82, 2.24) is 4.90 Å². The second-order valence-electron chi connectivity index (χ2n) is 7.69. The van der Waals surface area contributed by atoms with E-state index in [0.717, 1.165) is 56.2 Å². The first-order valence-electron chi connectivity index (χ1n) is 10.9. The normalized spacial score (nSPS) is 18.3. The summed E-state index contributed by atoms with van der Waals surface area (Å²) in [4.78, 5) is 2.42. The Kier molecular flexibility index (Phi) is 7.35. The third-order valence-electron chi connectivity index (χ3n) is 5.60. The van der Waals surface area contributed by atoms with Crippen LogP contribution in [0.25, 0.3) is 6.08 Å². The molecule has 0 radical (unpaired) electrons. The van der Waals surface area contributed by atoms with Crippen molar-refractivity contribution in [3.05, 3.63) is 76.5 Å². The van der Waals surface area contributed by atoms with E-state index in [1.54, 1.807) is 20.4 Å². The summed E-state index contributed by atoms with van der Waals surface area (Å²) in [6, 6.07) is 16.1. The maximum atomic E-state index is 5.57. The third kappa shape index (κ3) is 5.45. The Morgan fingerprint density at radius 1 is 0.844 bits per heavy atom. The van der Waals surface area contributed by atoms with E-state index in [1.807, 2.05) is 30.5 Å². The van der Waals surface area contributed by atoms with Crippen molar-refractivity contribution in [3.8, 4) is 11.5 Å². The highest BCUT2D eigenvalue weighted by Gasteiger charge is 2.25. The molecule has 6 heteroatoms. The zero-order valence-corrected chi connectivity index (χ0v) is 18.7. The zero-order valence-electron chi connectivity index (χ0n) is 18.7. The molecule has 1 saturated heterocycles. The molecular formula is C26H29N3O3. The molecule has 0 aromatic heterocycles. The first-order valence-corrected chi connectivity index (χ1v) is 10.9. The van der Waals surface area contributed by atoms with Crippen LogP contribution in [0.15, 0.2) is 75.6 Å². The summed E-state index contributed by atoms with van der Waals surface area (Å²) in [5.74, 6) is 1.44. The van der Waals surface area contributed by atoms with Crippen molar-refractivity contribution in [2.24, 2.45) is 10.2 Å². The van der Waals surface area contributed by atoms with Crippen LogP contribution in [0.3, 0.4) is 0 Å². The summed E-state index contributed by atoms with van der Waals surface area (Å²) < 4.78 is 16.2. The van der Waals surface area contributed by atoms with Crippen LogP contribution in [0, 0.1) is 0 Å². The van der Waals surface area contributed by atoms with Gasteiger partial charge in [0.25, 0.3) is 0 Å². The van der Waals surface area contributed by atoms with E-state index in [9.17, 15) is 0 Å². The van der Waals surface area contributed by atoms with Crippen molar-refractivity contribution in [2.75, 3.05) is 40.5 Å². The summed E-state index contributed by atoms with van der Waals surface area (Å²) in [6.45, 7) is 3.29. The fraction of sp³-hybridized carbons (Fsp3) is 0.308. The molecule has 6 nitrogen and oxygen atoms in total. The lowest BCUT2D eigenvalue weighted by Crippen LogP contribution is -2.36. The monoisotopic (exact) mass is 431 g/mol. The second kappa shape index (κ2) is 10.8. The van der Waals surface area contributed by atoms with Gasteiger partial charge in [-0.25, -0.2) is 0 Å². The van der Waals surface area contributed by atoms with E-state index in [4.69, 9.17) is 14.2 Å². The first-order chi connectivity index (χ1) is 15.8. The highest BCUT2D eigenvalue weighted by Crippen LogP contribution is 2.35. The molecule has 2 aromatic carbocycles. The largest absolute Gasteiger partial charge is 0.497 e. The maximum Gasteiger partial charge on any atom is 0.123 e. The zero-order chi connectivity index (χ0) is 22.2. The van der Waals surface area contributed by atoms with Gasteiger partial charge in [-0.3, -0.25) is 0 Å². The Labute approximate surface area is 189 Å². The van der Waals surface area contributed by atoms with Gasteiger partial charge in [-0.1, -0.05) is 30.3 Å². The number of ether oxygens (including phenoxy) is 3. The molecular weight excluding hydrogens is 402 g/mol. The Morgan fingerprint density at radius 2 is 1.53 bits per heavy atom. The third-order valence-corrected chi connectivity index (χ3v) is 5.60. The minimum Gasteiger partial charge on any atom is -0.497 e. The molecule has 0 spiro atoms. The average Bonchev–Trinajstić information content (AvgIpc) is 3.24. The number of hydrogen-bond acceptors (Lipinski definition) is 6. The summed E-state index contributed by atoms with van der Waals surface area (Å²) in [6.07, 6.45) is 7.85. The molecule has 32 heavy (non-hydrogen) atoms. The first kappa shape index (κ1) is 21.8. The van der Waals surface area contributed by atoms with Crippen LogP contribution in [-0.2, 0) is 4.74 Å². The van der Waals surface area contributed by atoms with Crippen LogP contribution < -0.4 is 9.47 Å². The molecule has 0 unspecified atom stereocenters. The number of nitrogens with zero attached hydrogens (tertiary/aromatic N) is 3. The van der Waals surface area contributed by atoms with Crippen LogP contribution in [0.1, 0.15) is 24.0 Å². The Bertz CT molecular complexity index is 1010. The highest BCUT2D eigenvalue weighted by atomic mass is 16.5. The number of allylic oxidation sites excluding steroid dienone is 2. The fourth-order valence-electron chi connectivity index (χ4n) is 4.03. The van der Waals surface area contributed by atoms with Gasteiger partial charge in [-0.05, 0) is 47.8 Å². The fourth-order valence-corrected chi connectivity index (χ4v) is 4.03. The summed E-state index contributed by atoms with van der Waals surface area (Å²) in [5, 5.41) is 8.65. The number of methoxy groups -OCH3 is 2. The lowest BCUT2D eigenvalue weighted by atomic mass is 10.1. The molecule has 0 atom stereocenters. The molecule has 1 fully saturated rings. The van der Waals surface area contributed by atoms with Gasteiger partial charge < -0.3 is 19.1 Å². The molecule has 4 rings (SSSR count). The molecule has 1 heterocycles. The highest BCUT2D eigenvalue weighted by molar-refractivity contribution is 5.85. The van der Waals surface area contributed by atoms with E-state index in [-0.39, 0.29) is 0 Å².